The fourth-order valence-corrected chi connectivity index (χ4v) is 4.95. The standard InChI is InChI=1S/C21H21N3O2S/c1-26-17-7-4-8-18-19(17)22-21(27-18)24-12-16(13-24)20(25)23-10-9-14-5-2-3-6-15(14)11-23/h2-8,16H,9-13H2,1H3. The van der Waals surface area contributed by atoms with Crippen LogP contribution >= 0.6 is 11.3 Å². The van der Waals surface area contributed by atoms with Gasteiger partial charge in [0.05, 0.1) is 17.7 Å². The maximum absolute atomic E-state index is 12.9. The molecular formula is C21H21N3O2S. The predicted octanol–water partition coefficient (Wildman–Crippen LogP) is 3.33. The van der Waals surface area contributed by atoms with Crippen LogP contribution in [0.4, 0.5) is 5.13 Å². The molecule has 2 aliphatic heterocycles. The van der Waals surface area contributed by atoms with Gasteiger partial charge in [-0.1, -0.05) is 41.7 Å². The van der Waals surface area contributed by atoms with Gasteiger partial charge in [-0.15, -0.1) is 0 Å². The van der Waals surface area contributed by atoms with Gasteiger partial charge in [0, 0.05) is 26.2 Å². The van der Waals surface area contributed by atoms with Gasteiger partial charge < -0.3 is 14.5 Å². The Morgan fingerprint density at radius 2 is 1.96 bits per heavy atom. The molecule has 1 saturated heterocycles. The summed E-state index contributed by atoms with van der Waals surface area (Å²) in [6, 6.07) is 14.4. The van der Waals surface area contributed by atoms with Crippen LogP contribution in [0.3, 0.4) is 0 Å². The van der Waals surface area contributed by atoms with Gasteiger partial charge in [-0.2, -0.15) is 0 Å². The van der Waals surface area contributed by atoms with Gasteiger partial charge in [-0.25, -0.2) is 4.98 Å². The first-order chi connectivity index (χ1) is 13.2. The van der Waals surface area contributed by atoms with Crippen molar-refractivity contribution < 1.29 is 9.53 Å². The molecule has 0 N–H and O–H groups in total. The van der Waals surface area contributed by atoms with Crippen molar-refractivity contribution in [3.05, 3.63) is 53.6 Å². The third-order valence-electron chi connectivity index (χ3n) is 5.53. The Morgan fingerprint density at radius 3 is 2.78 bits per heavy atom. The molecule has 27 heavy (non-hydrogen) atoms. The first-order valence-electron chi connectivity index (χ1n) is 9.27. The smallest absolute Gasteiger partial charge is 0.229 e. The monoisotopic (exact) mass is 379 g/mol. The zero-order valence-corrected chi connectivity index (χ0v) is 16.0. The highest BCUT2D eigenvalue weighted by atomic mass is 32.1. The van der Waals surface area contributed by atoms with Gasteiger partial charge >= 0.3 is 0 Å². The Labute approximate surface area is 162 Å². The van der Waals surface area contributed by atoms with E-state index in [1.54, 1.807) is 18.4 Å². The van der Waals surface area contributed by atoms with Crippen LogP contribution < -0.4 is 9.64 Å². The molecule has 5 rings (SSSR count). The summed E-state index contributed by atoms with van der Waals surface area (Å²) < 4.78 is 6.52. The van der Waals surface area contributed by atoms with E-state index in [0.717, 1.165) is 53.7 Å². The second-order valence-corrected chi connectivity index (χ2v) is 8.19. The minimum atomic E-state index is 0.0733. The van der Waals surface area contributed by atoms with Crippen molar-refractivity contribution in [3.63, 3.8) is 0 Å². The number of carbonyl (C=O) groups excluding carboxylic acids is 1. The predicted molar refractivity (Wildman–Crippen MR) is 107 cm³/mol. The molecule has 1 amide bonds. The fraction of sp³-hybridized carbons (Fsp3) is 0.333. The lowest BCUT2D eigenvalue weighted by atomic mass is 9.95. The van der Waals surface area contributed by atoms with Crippen molar-refractivity contribution in [1.29, 1.82) is 0 Å². The lowest BCUT2D eigenvalue weighted by molar-refractivity contribution is -0.137. The highest BCUT2D eigenvalue weighted by Crippen LogP contribution is 2.37. The van der Waals surface area contributed by atoms with E-state index in [1.165, 1.54) is 11.1 Å². The first kappa shape index (κ1) is 16.6. The molecule has 0 aliphatic carbocycles. The van der Waals surface area contributed by atoms with E-state index < -0.39 is 0 Å². The summed E-state index contributed by atoms with van der Waals surface area (Å²) in [5.74, 6) is 1.15. The molecule has 5 nitrogen and oxygen atoms in total. The van der Waals surface area contributed by atoms with Crippen LogP contribution in [0.2, 0.25) is 0 Å². The van der Waals surface area contributed by atoms with Crippen LogP contribution in [-0.2, 0) is 17.8 Å². The Morgan fingerprint density at radius 1 is 1.15 bits per heavy atom. The average molecular weight is 379 g/mol. The summed E-state index contributed by atoms with van der Waals surface area (Å²) in [6.07, 6.45) is 0.954. The van der Waals surface area contributed by atoms with Crippen LogP contribution in [0, 0.1) is 5.92 Å². The molecule has 0 spiro atoms. The van der Waals surface area contributed by atoms with Gasteiger partial charge in [0.25, 0.3) is 0 Å². The number of hydrogen-bond donors (Lipinski definition) is 0. The summed E-state index contributed by atoms with van der Waals surface area (Å²) in [6.45, 7) is 3.06. The molecule has 0 unspecified atom stereocenters. The number of ether oxygens (including phenoxy) is 1. The Balaban J connectivity index is 1.26. The zero-order valence-electron chi connectivity index (χ0n) is 15.2. The van der Waals surface area contributed by atoms with Crippen molar-refractivity contribution in [3.8, 4) is 5.75 Å². The number of para-hydroxylation sites is 1. The van der Waals surface area contributed by atoms with Crippen LogP contribution in [-0.4, -0.2) is 42.5 Å². The largest absolute Gasteiger partial charge is 0.494 e. The molecule has 2 aromatic carbocycles. The number of amides is 1. The molecule has 0 atom stereocenters. The summed E-state index contributed by atoms with van der Waals surface area (Å²) >= 11 is 1.66. The molecular weight excluding hydrogens is 358 g/mol. The molecule has 2 aliphatic rings. The Hall–Kier alpha value is -2.60. The van der Waals surface area contributed by atoms with Gasteiger partial charge in [-0.05, 0) is 29.7 Å². The highest BCUT2D eigenvalue weighted by molar-refractivity contribution is 7.22. The molecule has 138 valence electrons. The SMILES string of the molecule is COc1cccc2sc(N3CC(C(=O)N4CCc5ccccc5C4)C3)nc12. The van der Waals surface area contributed by atoms with E-state index in [9.17, 15) is 4.79 Å². The first-order valence-corrected chi connectivity index (χ1v) is 10.1. The summed E-state index contributed by atoms with van der Waals surface area (Å²) in [5, 5.41) is 0.975. The van der Waals surface area contributed by atoms with Gasteiger partial charge in [-0.3, -0.25) is 4.79 Å². The van der Waals surface area contributed by atoms with Gasteiger partial charge in [0.2, 0.25) is 5.91 Å². The number of carbonyl (C=O) groups is 1. The third kappa shape index (κ3) is 2.84. The molecule has 3 heterocycles. The summed E-state index contributed by atoms with van der Waals surface area (Å²) in [4.78, 5) is 21.9. The van der Waals surface area contributed by atoms with E-state index in [1.807, 2.05) is 17.0 Å². The van der Waals surface area contributed by atoms with Crippen molar-refractivity contribution >= 4 is 32.6 Å². The quantitative estimate of drug-likeness (QED) is 0.700. The number of rotatable bonds is 3. The third-order valence-corrected chi connectivity index (χ3v) is 6.62. The van der Waals surface area contributed by atoms with E-state index in [0.29, 0.717) is 0 Å². The van der Waals surface area contributed by atoms with E-state index in [2.05, 4.69) is 35.2 Å². The number of hydrogen-bond acceptors (Lipinski definition) is 5. The number of methoxy groups -OCH3 is 1. The number of benzene rings is 2. The summed E-state index contributed by atoms with van der Waals surface area (Å²) in [7, 11) is 1.67. The van der Waals surface area contributed by atoms with E-state index >= 15 is 0 Å². The number of fused-ring (bicyclic) bond motifs is 2. The van der Waals surface area contributed by atoms with Crippen LogP contribution in [0.1, 0.15) is 11.1 Å². The Kier molecular flexibility index (Phi) is 4.01. The van der Waals surface area contributed by atoms with Gasteiger partial charge in [0.15, 0.2) is 5.13 Å². The maximum atomic E-state index is 12.9. The van der Waals surface area contributed by atoms with Crippen molar-refractivity contribution in [1.82, 2.24) is 9.88 Å². The van der Waals surface area contributed by atoms with Crippen LogP contribution in [0.5, 0.6) is 5.75 Å². The highest BCUT2D eigenvalue weighted by Gasteiger charge is 2.37. The second-order valence-electron chi connectivity index (χ2n) is 7.18. The normalized spacial score (nSPS) is 16.9. The minimum absolute atomic E-state index is 0.0733. The molecule has 3 aromatic rings. The molecule has 0 bridgehead atoms. The number of aromatic nitrogens is 1. The molecule has 0 radical (unpaired) electrons. The van der Waals surface area contributed by atoms with Crippen LogP contribution in [0.25, 0.3) is 10.2 Å². The molecule has 6 heteroatoms. The summed E-state index contributed by atoms with van der Waals surface area (Å²) in [5.41, 5.74) is 3.56. The van der Waals surface area contributed by atoms with Gasteiger partial charge in [0.1, 0.15) is 11.3 Å². The number of thiazole rings is 1. The fourth-order valence-electron chi connectivity index (χ4n) is 3.94. The minimum Gasteiger partial charge on any atom is -0.494 e. The molecule has 1 aromatic heterocycles. The lowest BCUT2D eigenvalue weighted by Crippen LogP contribution is -2.55. The average Bonchev–Trinajstić information content (AvgIpc) is 3.10. The molecule has 1 fully saturated rings. The Bertz CT molecular complexity index is 1010. The zero-order chi connectivity index (χ0) is 18.4. The second kappa shape index (κ2) is 6.53. The van der Waals surface area contributed by atoms with E-state index in [-0.39, 0.29) is 11.8 Å². The molecule has 0 saturated carbocycles. The van der Waals surface area contributed by atoms with E-state index in [4.69, 9.17) is 9.72 Å². The van der Waals surface area contributed by atoms with Crippen molar-refractivity contribution in [2.45, 2.75) is 13.0 Å². The topological polar surface area (TPSA) is 45.7 Å². The van der Waals surface area contributed by atoms with Crippen LogP contribution in [0.15, 0.2) is 42.5 Å². The lowest BCUT2D eigenvalue weighted by Gasteiger charge is -2.41. The van der Waals surface area contributed by atoms with Crippen molar-refractivity contribution in [2.24, 2.45) is 5.92 Å². The number of nitrogens with zero attached hydrogens (tertiary/aromatic N) is 3. The maximum Gasteiger partial charge on any atom is 0.229 e. The number of anilines is 1. The van der Waals surface area contributed by atoms with Crippen molar-refractivity contribution in [2.75, 3.05) is 31.6 Å².